The van der Waals surface area contributed by atoms with Crippen LogP contribution < -0.4 is 5.32 Å². The number of esters is 1. The van der Waals surface area contributed by atoms with Crippen molar-refractivity contribution in [1.82, 2.24) is 8.61 Å². The Bertz CT molecular complexity index is 834. The van der Waals surface area contributed by atoms with Crippen LogP contribution in [0.2, 0.25) is 0 Å². The van der Waals surface area contributed by atoms with E-state index >= 15 is 0 Å². The molecule has 1 unspecified atom stereocenters. The lowest BCUT2D eigenvalue weighted by molar-refractivity contribution is -0.147. The zero-order chi connectivity index (χ0) is 21.0. The minimum atomic E-state index is -3.78. The fourth-order valence-corrected chi connectivity index (χ4v) is 5.62. The number of rotatable bonds is 6. The highest BCUT2D eigenvalue weighted by Crippen LogP contribution is 2.28. The summed E-state index contributed by atoms with van der Waals surface area (Å²) in [6.07, 6.45) is 1.89. The molecule has 0 bridgehead atoms. The third kappa shape index (κ3) is 4.88. The molecule has 2 heterocycles. The highest BCUT2D eigenvalue weighted by molar-refractivity contribution is 7.86. The average Bonchev–Trinajstić information content (AvgIpc) is 3.21. The van der Waals surface area contributed by atoms with E-state index in [1.807, 2.05) is 0 Å². The molecule has 1 aromatic carbocycles. The second kappa shape index (κ2) is 9.10. The van der Waals surface area contributed by atoms with E-state index in [4.69, 9.17) is 4.74 Å². The number of benzene rings is 1. The summed E-state index contributed by atoms with van der Waals surface area (Å²) in [4.78, 5) is 24.6. The number of amides is 1. The summed E-state index contributed by atoms with van der Waals surface area (Å²) >= 11 is 0. The summed E-state index contributed by atoms with van der Waals surface area (Å²) in [5, 5.41) is 12.1. The van der Waals surface area contributed by atoms with E-state index in [2.05, 4.69) is 5.32 Å². The molecule has 2 N–H and O–H groups in total. The minimum Gasteiger partial charge on any atom is -0.508 e. The van der Waals surface area contributed by atoms with Crippen LogP contribution >= 0.6 is 0 Å². The van der Waals surface area contributed by atoms with Gasteiger partial charge in [-0.2, -0.15) is 17.0 Å². The molecule has 0 aliphatic carbocycles. The molecule has 0 radical (unpaired) electrons. The molecule has 0 spiro atoms. The number of aromatic hydroxyl groups is 1. The number of phenolic OH excluding ortho intramolecular Hbond substituents is 1. The summed E-state index contributed by atoms with van der Waals surface area (Å²) in [7, 11) is -3.78. The van der Waals surface area contributed by atoms with E-state index in [-0.39, 0.29) is 37.3 Å². The van der Waals surface area contributed by atoms with Gasteiger partial charge in [0.25, 0.3) is 10.2 Å². The number of hydrogen-bond acceptors (Lipinski definition) is 6. The number of carbonyl (C=O) groups is 2. The van der Waals surface area contributed by atoms with Crippen molar-refractivity contribution in [3.63, 3.8) is 0 Å². The molecule has 1 atom stereocenters. The summed E-state index contributed by atoms with van der Waals surface area (Å²) in [6, 6.07) is 5.42. The van der Waals surface area contributed by atoms with E-state index < -0.39 is 22.2 Å². The summed E-state index contributed by atoms with van der Waals surface area (Å²) in [5.41, 5.74) is 0.581. The van der Waals surface area contributed by atoms with Crippen LogP contribution in [0.4, 0.5) is 5.69 Å². The Morgan fingerprint density at radius 2 is 1.79 bits per heavy atom. The van der Waals surface area contributed by atoms with Gasteiger partial charge in [-0.05, 0) is 56.9 Å². The third-order valence-corrected chi connectivity index (χ3v) is 7.39. The number of carbonyl (C=O) groups excluding carboxylic acids is 2. The highest BCUT2D eigenvalue weighted by atomic mass is 32.2. The van der Waals surface area contributed by atoms with Gasteiger partial charge in [0.05, 0.1) is 6.61 Å². The number of nitrogens with one attached hydrogen (secondary N) is 1. The normalized spacial score (nSPS) is 21.8. The fourth-order valence-electron chi connectivity index (χ4n) is 3.78. The molecule has 10 heteroatoms. The zero-order valence-electron chi connectivity index (χ0n) is 16.4. The van der Waals surface area contributed by atoms with Crippen LogP contribution in [0.5, 0.6) is 5.75 Å². The molecule has 0 saturated carbocycles. The number of anilines is 1. The minimum absolute atomic E-state index is 0.115. The number of piperidine rings is 1. The molecule has 3 rings (SSSR count). The Hall–Kier alpha value is -2.17. The predicted octanol–water partition coefficient (Wildman–Crippen LogP) is 1.31. The SMILES string of the molecule is CCOC(=O)C1CCCN1S(=O)(=O)N1CCC(C(=O)Nc2ccc(O)cc2)CC1. The average molecular weight is 426 g/mol. The van der Waals surface area contributed by atoms with Gasteiger partial charge in [0.2, 0.25) is 5.91 Å². The molecule has 0 aromatic heterocycles. The van der Waals surface area contributed by atoms with E-state index in [1.165, 1.54) is 20.7 Å². The molecule has 1 aromatic rings. The van der Waals surface area contributed by atoms with Crippen molar-refractivity contribution < 1.29 is 27.9 Å². The number of nitrogens with zero attached hydrogens (tertiary/aromatic N) is 2. The van der Waals surface area contributed by atoms with E-state index in [1.54, 1.807) is 19.1 Å². The first-order valence-electron chi connectivity index (χ1n) is 9.86. The predicted molar refractivity (Wildman–Crippen MR) is 106 cm³/mol. The van der Waals surface area contributed by atoms with Crippen LogP contribution in [-0.2, 0) is 24.5 Å². The fraction of sp³-hybridized carbons (Fsp3) is 0.579. The smallest absolute Gasteiger partial charge is 0.324 e. The summed E-state index contributed by atoms with van der Waals surface area (Å²) in [5.74, 6) is -0.853. The van der Waals surface area contributed by atoms with Crippen LogP contribution in [0.15, 0.2) is 24.3 Å². The van der Waals surface area contributed by atoms with Gasteiger partial charge >= 0.3 is 5.97 Å². The molecule has 9 nitrogen and oxygen atoms in total. The highest BCUT2D eigenvalue weighted by Gasteiger charge is 2.43. The second-order valence-corrected chi connectivity index (χ2v) is 9.12. The van der Waals surface area contributed by atoms with Crippen molar-refractivity contribution in [1.29, 1.82) is 0 Å². The van der Waals surface area contributed by atoms with E-state index in [0.717, 1.165) is 0 Å². The molecule has 2 aliphatic rings. The standard InChI is InChI=1S/C19H27N3O6S/c1-2-28-19(25)17-4-3-11-22(17)29(26,27)21-12-9-14(10-13-21)18(24)20-15-5-7-16(23)8-6-15/h5-8,14,17,23H,2-4,9-13H2,1H3,(H,20,24). The first-order chi connectivity index (χ1) is 13.8. The zero-order valence-corrected chi connectivity index (χ0v) is 17.2. The second-order valence-electron chi connectivity index (χ2n) is 7.24. The Balaban J connectivity index is 1.58. The maximum Gasteiger partial charge on any atom is 0.324 e. The lowest BCUT2D eigenvalue weighted by Gasteiger charge is -2.34. The molecule has 1 amide bonds. The van der Waals surface area contributed by atoms with Crippen molar-refractivity contribution in [2.75, 3.05) is 31.6 Å². The van der Waals surface area contributed by atoms with E-state index in [9.17, 15) is 23.1 Å². The molecule has 2 fully saturated rings. The Kier molecular flexibility index (Phi) is 6.76. The topological polar surface area (TPSA) is 116 Å². The van der Waals surface area contributed by atoms with Gasteiger partial charge in [-0.15, -0.1) is 0 Å². The van der Waals surface area contributed by atoms with Crippen molar-refractivity contribution >= 4 is 27.8 Å². The van der Waals surface area contributed by atoms with Crippen LogP contribution in [0, 0.1) is 5.92 Å². The molecular weight excluding hydrogens is 398 g/mol. The van der Waals surface area contributed by atoms with Crippen LogP contribution in [0.1, 0.15) is 32.6 Å². The van der Waals surface area contributed by atoms with Gasteiger partial charge < -0.3 is 15.2 Å². The largest absolute Gasteiger partial charge is 0.508 e. The number of hydrogen-bond donors (Lipinski definition) is 2. The van der Waals surface area contributed by atoms with Gasteiger partial charge in [-0.1, -0.05) is 0 Å². The first kappa shape index (κ1) is 21.5. The van der Waals surface area contributed by atoms with Gasteiger partial charge in [0.1, 0.15) is 11.8 Å². The van der Waals surface area contributed by atoms with Gasteiger partial charge in [0.15, 0.2) is 0 Å². The molecule has 2 saturated heterocycles. The van der Waals surface area contributed by atoms with Crippen molar-refractivity contribution in [3.8, 4) is 5.75 Å². The van der Waals surface area contributed by atoms with Crippen molar-refractivity contribution in [2.24, 2.45) is 5.92 Å². The quantitative estimate of drug-likeness (QED) is 0.524. The van der Waals surface area contributed by atoms with E-state index in [0.29, 0.717) is 37.9 Å². The Labute approximate surface area is 170 Å². The van der Waals surface area contributed by atoms with Crippen LogP contribution in [0.25, 0.3) is 0 Å². The lowest BCUT2D eigenvalue weighted by Crippen LogP contribution is -2.51. The lowest BCUT2D eigenvalue weighted by atomic mass is 9.97. The molecule has 160 valence electrons. The van der Waals surface area contributed by atoms with Crippen molar-refractivity contribution in [3.05, 3.63) is 24.3 Å². The van der Waals surface area contributed by atoms with Crippen LogP contribution in [-0.4, -0.2) is 66.3 Å². The molecule has 2 aliphatic heterocycles. The Morgan fingerprint density at radius 3 is 2.41 bits per heavy atom. The number of ether oxygens (including phenoxy) is 1. The molecule has 29 heavy (non-hydrogen) atoms. The first-order valence-corrected chi connectivity index (χ1v) is 11.3. The van der Waals surface area contributed by atoms with Gasteiger partial charge in [0, 0.05) is 31.2 Å². The van der Waals surface area contributed by atoms with Crippen LogP contribution in [0.3, 0.4) is 0 Å². The van der Waals surface area contributed by atoms with Gasteiger partial charge in [-0.3, -0.25) is 9.59 Å². The molecular formula is C19H27N3O6S. The summed E-state index contributed by atoms with van der Waals surface area (Å²) in [6.45, 7) is 2.65. The maximum atomic E-state index is 13.0. The maximum absolute atomic E-state index is 13.0. The third-order valence-electron chi connectivity index (χ3n) is 5.34. The van der Waals surface area contributed by atoms with Crippen molar-refractivity contribution in [2.45, 2.75) is 38.6 Å². The monoisotopic (exact) mass is 425 g/mol. The number of phenols is 1. The van der Waals surface area contributed by atoms with Gasteiger partial charge in [-0.25, -0.2) is 0 Å². The Morgan fingerprint density at radius 1 is 1.14 bits per heavy atom. The summed E-state index contributed by atoms with van der Waals surface area (Å²) < 4.78 is 33.7.